The molecule has 2 nitrogen and oxygen atoms in total. The molecule has 0 bridgehead atoms. The molecule has 1 aliphatic rings. The highest BCUT2D eigenvalue weighted by molar-refractivity contribution is 5.63. The van der Waals surface area contributed by atoms with Gasteiger partial charge in [0.2, 0.25) is 0 Å². The second-order valence-corrected chi connectivity index (χ2v) is 2.87. The lowest BCUT2D eigenvalue weighted by Crippen LogP contribution is -2.37. The third-order valence-corrected chi connectivity index (χ3v) is 2.00. The molecule has 11 heavy (non-hydrogen) atoms. The van der Waals surface area contributed by atoms with Gasteiger partial charge in [-0.05, 0) is 19.3 Å². The van der Waals surface area contributed by atoms with E-state index in [1.54, 1.807) is 0 Å². The molecule has 1 saturated heterocycles. The smallest absolute Gasteiger partial charge is 0.152 e. The molecule has 0 amide bonds. The van der Waals surface area contributed by atoms with Gasteiger partial charge in [-0.15, -0.1) is 12.3 Å². The van der Waals surface area contributed by atoms with Crippen molar-refractivity contribution in [2.75, 3.05) is 6.61 Å². The number of hydrogen-bond acceptors (Lipinski definition) is 2. The third kappa shape index (κ3) is 1.81. The van der Waals surface area contributed by atoms with Crippen LogP contribution in [-0.2, 0) is 9.53 Å². The lowest BCUT2D eigenvalue weighted by Gasteiger charge is -2.30. The summed E-state index contributed by atoms with van der Waals surface area (Å²) < 4.78 is 5.34. The van der Waals surface area contributed by atoms with Crippen LogP contribution in [0.1, 0.15) is 25.7 Å². The number of rotatable bonds is 2. The van der Waals surface area contributed by atoms with E-state index in [-0.39, 0.29) is 0 Å². The van der Waals surface area contributed by atoms with Crippen molar-refractivity contribution in [2.45, 2.75) is 31.3 Å². The largest absolute Gasteiger partial charge is 0.367 e. The van der Waals surface area contributed by atoms with Crippen LogP contribution in [0.15, 0.2) is 0 Å². The van der Waals surface area contributed by atoms with Crippen LogP contribution in [0.4, 0.5) is 0 Å². The number of aldehydes is 1. The molecule has 0 N–H and O–H groups in total. The van der Waals surface area contributed by atoms with E-state index in [0.29, 0.717) is 13.0 Å². The van der Waals surface area contributed by atoms with Crippen LogP contribution in [0.3, 0.4) is 0 Å². The van der Waals surface area contributed by atoms with Crippen LogP contribution in [0.25, 0.3) is 0 Å². The summed E-state index contributed by atoms with van der Waals surface area (Å²) in [5.41, 5.74) is -0.646. The summed E-state index contributed by atoms with van der Waals surface area (Å²) in [5, 5.41) is 0. The number of terminal acetylenes is 1. The number of hydrogen-bond donors (Lipinski definition) is 0. The minimum atomic E-state index is -0.646. The van der Waals surface area contributed by atoms with Gasteiger partial charge in [0.15, 0.2) is 6.29 Å². The fourth-order valence-electron chi connectivity index (χ4n) is 1.32. The molecule has 0 radical (unpaired) electrons. The minimum Gasteiger partial charge on any atom is -0.367 e. The molecule has 0 aromatic rings. The number of carbonyl (C=O) groups is 1. The SMILES string of the molecule is C#CCC1(C=O)CCCCO1. The molecule has 60 valence electrons. The monoisotopic (exact) mass is 152 g/mol. The molecule has 1 unspecified atom stereocenters. The van der Waals surface area contributed by atoms with Crippen LogP contribution in [0, 0.1) is 12.3 Å². The Morgan fingerprint density at radius 3 is 2.91 bits per heavy atom. The fraction of sp³-hybridized carbons (Fsp3) is 0.667. The van der Waals surface area contributed by atoms with Gasteiger partial charge in [-0.2, -0.15) is 0 Å². The van der Waals surface area contributed by atoms with Crippen LogP contribution < -0.4 is 0 Å². The van der Waals surface area contributed by atoms with Gasteiger partial charge in [-0.25, -0.2) is 0 Å². The molecule has 2 heteroatoms. The van der Waals surface area contributed by atoms with Crippen molar-refractivity contribution in [3.63, 3.8) is 0 Å². The van der Waals surface area contributed by atoms with Crippen molar-refractivity contribution in [3.8, 4) is 12.3 Å². The fourth-order valence-corrected chi connectivity index (χ4v) is 1.32. The number of carbonyl (C=O) groups excluding carboxylic acids is 1. The zero-order valence-electron chi connectivity index (χ0n) is 6.51. The highest BCUT2D eigenvalue weighted by atomic mass is 16.5. The van der Waals surface area contributed by atoms with Crippen LogP contribution >= 0.6 is 0 Å². The molecule has 1 rings (SSSR count). The van der Waals surface area contributed by atoms with E-state index in [2.05, 4.69) is 5.92 Å². The Kier molecular flexibility index (Phi) is 2.67. The zero-order chi connectivity index (χ0) is 8.16. The second-order valence-electron chi connectivity index (χ2n) is 2.87. The topological polar surface area (TPSA) is 26.3 Å². The molecule has 0 spiro atoms. The Morgan fingerprint density at radius 1 is 1.64 bits per heavy atom. The zero-order valence-corrected chi connectivity index (χ0v) is 6.51. The van der Waals surface area contributed by atoms with Gasteiger partial charge in [0, 0.05) is 13.0 Å². The summed E-state index contributed by atoms with van der Waals surface area (Å²) in [5.74, 6) is 2.47. The van der Waals surface area contributed by atoms with Crippen molar-refractivity contribution in [1.29, 1.82) is 0 Å². The van der Waals surface area contributed by atoms with Crippen molar-refractivity contribution in [3.05, 3.63) is 0 Å². The van der Waals surface area contributed by atoms with Crippen molar-refractivity contribution >= 4 is 6.29 Å². The third-order valence-electron chi connectivity index (χ3n) is 2.00. The molecular formula is C9H12O2. The lowest BCUT2D eigenvalue weighted by molar-refractivity contribution is -0.136. The molecule has 1 aliphatic heterocycles. The summed E-state index contributed by atoms with van der Waals surface area (Å²) in [6.45, 7) is 0.667. The molecule has 0 aromatic carbocycles. The average molecular weight is 152 g/mol. The summed E-state index contributed by atoms with van der Waals surface area (Å²) >= 11 is 0. The van der Waals surface area contributed by atoms with Gasteiger partial charge in [0.1, 0.15) is 5.60 Å². The van der Waals surface area contributed by atoms with E-state index in [1.165, 1.54) is 0 Å². The molecular weight excluding hydrogens is 140 g/mol. The van der Waals surface area contributed by atoms with E-state index >= 15 is 0 Å². The average Bonchev–Trinajstić information content (AvgIpc) is 2.07. The minimum absolute atomic E-state index is 0.413. The van der Waals surface area contributed by atoms with Gasteiger partial charge in [-0.3, -0.25) is 0 Å². The highest BCUT2D eigenvalue weighted by Crippen LogP contribution is 2.25. The lowest BCUT2D eigenvalue weighted by atomic mass is 9.92. The molecule has 0 aliphatic carbocycles. The molecule has 1 fully saturated rings. The standard InChI is InChI=1S/C9H12O2/c1-2-5-9(8-10)6-3-4-7-11-9/h1,8H,3-7H2. The van der Waals surface area contributed by atoms with E-state index in [9.17, 15) is 4.79 Å². The predicted molar refractivity (Wildman–Crippen MR) is 42.0 cm³/mol. The Hall–Kier alpha value is -0.810. The summed E-state index contributed by atoms with van der Waals surface area (Å²) in [4.78, 5) is 10.7. The quantitative estimate of drug-likeness (QED) is 0.438. The van der Waals surface area contributed by atoms with Gasteiger partial charge in [-0.1, -0.05) is 0 Å². The first kappa shape index (κ1) is 8.29. The van der Waals surface area contributed by atoms with Crippen molar-refractivity contribution in [1.82, 2.24) is 0 Å². The van der Waals surface area contributed by atoms with E-state index in [0.717, 1.165) is 25.5 Å². The summed E-state index contributed by atoms with van der Waals surface area (Å²) in [7, 11) is 0. The molecule has 1 heterocycles. The van der Waals surface area contributed by atoms with Crippen molar-refractivity contribution in [2.24, 2.45) is 0 Å². The Balaban J connectivity index is 2.58. The predicted octanol–water partition coefficient (Wildman–Crippen LogP) is 1.15. The maximum absolute atomic E-state index is 10.7. The Morgan fingerprint density at radius 2 is 2.45 bits per heavy atom. The first-order valence-electron chi connectivity index (χ1n) is 3.87. The maximum Gasteiger partial charge on any atom is 0.152 e. The molecule has 0 aromatic heterocycles. The van der Waals surface area contributed by atoms with E-state index < -0.39 is 5.60 Å². The highest BCUT2D eigenvalue weighted by Gasteiger charge is 2.31. The van der Waals surface area contributed by atoms with Crippen LogP contribution in [0.2, 0.25) is 0 Å². The summed E-state index contributed by atoms with van der Waals surface area (Å²) in [6, 6.07) is 0. The number of ether oxygens (including phenoxy) is 1. The van der Waals surface area contributed by atoms with Gasteiger partial charge < -0.3 is 9.53 Å². The molecule has 0 saturated carbocycles. The van der Waals surface area contributed by atoms with Crippen LogP contribution in [-0.4, -0.2) is 18.5 Å². The first-order valence-corrected chi connectivity index (χ1v) is 3.87. The Labute approximate surface area is 66.9 Å². The van der Waals surface area contributed by atoms with Gasteiger partial charge in [0.25, 0.3) is 0 Å². The maximum atomic E-state index is 10.7. The van der Waals surface area contributed by atoms with E-state index in [4.69, 9.17) is 11.2 Å². The Bertz CT molecular complexity index is 172. The van der Waals surface area contributed by atoms with E-state index in [1.807, 2.05) is 0 Å². The van der Waals surface area contributed by atoms with Gasteiger partial charge in [0.05, 0.1) is 0 Å². The summed E-state index contributed by atoms with van der Waals surface area (Å²) in [6.07, 6.45) is 9.26. The van der Waals surface area contributed by atoms with Crippen LogP contribution in [0.5, 0.6) is 0 Å². The van der Waals surface area contributed by atoms with Crippen molar-refractivity contribution < 1.29 is 9.53 Å². The normalized spacial score (nSPS) is 30.8. The van der Waals surface area contributed by atoms with Gasteiger partial charge >= 0.3 is 0 Å². The molecule has 1 atom stereocenters. The first-order chi connectivity index (χ1) is 5.33. The second kappa shape index (κ2) is 3.54.